The molecule has 1 aromatic carbocycles. The molecule has 3 aromatic heterocycles. The number of halogens is 3. The Morgan fingerprint density at radius 1 is 1.14 bits per heavy atom. The predicted octanol–water partition coefficient (Wildman–Crippen LogP) is 5.59. The summed E-state index contributed by atoms with van der Waals surface area (Å²) in [7, 11) is -3.51. The van der Waals surface area contributed by atoms with Gasteiger partial charge in [0.25, 0.3) is 0 Å². The molecular formula is C23H20Cl3N5O4S. The van der Waals surface area contributed by atoms with E-state index in [0.717, 1.165) is 6.26 Å². The van der Waals surface area contributed by atoms with Crippen molar-refractivity contribution in [1.82, 2.24) is 20.2 Å². The Balaban J connectivity index is 1.56. The molecule has 0 saturated carbocycles. The molecule has 4 aromatic rings. The van der Waals surface area contributed by atoms with Crippen molar-refractivity contribution in [3.8, 4) is 22.9 Å². The van der Waals surface area contributed by atoms with E-state index < -0.39 is 16.1 Å². The monoisotopic (exact) mass is 567 g/mol. The maximum absolute atomic E-state index is 12.3. The van der Waals surface area contributed by atoms with Gasteiger partial charge in [0.15, 0.2) is 0 Å². The van der Waals surface area contributed by atoms with Crippen molar-refractivity contribution >= 4 is 61.4 Å². The summed E-state index contributed by atoms with van der Waals surface area (Å²) in [6.45, 7) is 4.02. The first-order valence-corrected chi connectivity index (χ1v) is 13.8. The summed E-state index contributed by atoms with van der Waals surface area (Å²) in [4.78, 5) is 8.49. The van der Waals surface area contributed by atoms with Gasteiger partial charge in [0.05, 0.1) is 39.1 Å². The molecule has 0 amide bonds. The molecule has 36 heavy (non-hydrogen) atoms. The zero-order chi connectivity index (χ0) is 25.8. The van der Waals surface area contributed by atoms with Crippen molar-refractivity contribution in [3.63, 3.8) is 0 Å². The first kappa shape index (κ1) is 24.9. The van der Waals surface area contributed by atoms with Gasteiger partial charge in [-0.1, -0.05) is 34.8 Å². The number of rotatable bonds is 5. The number of pyridine rings is 2. The molecule has 5 rings (SSSR count). The third-order valence-corrected chi connectivity index (χ3v) is 8.07. The van der Waals surface area contributed by atoms with Crippen LogP contribution in [-0.4, -0.2) is 48.0 Å². The summed E-state index contributed by atoms with van der Waals surface area (Å²) in [5.74, 6) is 0.644. The van der Waals surface area contributed by atoms with Crippen LogP contribution in [-0.2, 0) is 10.0 Å². The highest BCUT2D eigenvalue weighted by Crippen LogP contribution is 2.40. The predicted molar refractivity (Wildman–Crippen MR) is 140 cm³/mol. The zero-order valence-corrected chi connectivity index (χ0v) is 22.4. The molecule has 0 radical (unpaired) electrons. The minimum absolute atomic E-state index is 0.198. The van der Waals surface area contributed by atoms with Gasteiger partial charge < -0.3 is 9.47 Å². The molecule has 188 valence electrons. The number of nitrogens with one attached hydrogen (secondary N) is 1. The first-order chi connectivity index (χ1) is 17.0. The molecule has 0 spiro atoms. The van der Waals surface area contributed by atoms with Crippen LogP contribution in [0.5, 0.6) is 11.6 Å². The number of H-pyrrole nitrogens is 1. The lowest BCUT2D eigenvalue weighted by molar-refractivity contribution is 0.227. The molecule has 0 fully saturated rings. The fourth-order valence-corrected chi connectivity index (χ4v) is 5.83. The van der Waals surface area contributed by atoms with Gasteiger partial charge >= 0.3 is 0 Å². The Morgan fingerprint density at radius 3 is 2.67 bits per heavy atom. The molecule has 0 bridgehead atoms. The van der Waals surface area contributed by atoms with Crippen molar-refractivity contribution in [2.24, 2.45) is 0 Å². The van der Waals surface area contributed by atoms with E-state index in [2.05, 4.69) is 20.2 Å². The van der Waals surface area contributed by atoms with Gasteiger partial charge in [-0.15, -0.1) is 0 Å². The molecule has 4 heterocycles. The number of hydrogen-bond donors (Lipinski definition) is 1. The maximum Gasteiger partial charge on any atom is 0.238 e. The molecule has 0 aliphatic carbocycles. The molecule has 1 aliphatic heterocycles. The molecule has 0 saturated heterocycles. The molecule has 13 heteroatoms. The first-order valence-electron chi connectivity index (χ1n) is 10.8. The summed E-state index contributed by atoms with van der Waals surface area (Å²) in [6, 6.07) is 5.15. The lowest BCUT2D eigenvalue weighted by Crippen LogP contribution is -2.37. The van der Waals surface area contributed by atoms with E-state index in [-0.39, 0.29) is 19.0 Å². The molecule has 1 atom stereocenters. The second-order valence-electron chi connectivity index (χ2n) is 8.31. The fourth-order valence-electron chi connectivity index (χ4n) is 4.08. The van der Waals surface area contributed by atoms with Crippen LogP contribution in [0.25, 0.3) is 22.2 Å². The normalized spacial score (nSPS) is 14.4. The molecular weight excluding hydrogens is 549 g/mol. The molecule has 1 N–H and O–H groups in total. The van der Waals surface area contributed by atoms with Crippen molar-refractivity contribution in [2.45, 2.75) is 20.0 Å². The lowest BCUT2D eigenvalue weighted by Gasteiger charge is -2.28. The highest BCUT2D eigenvalue weighted by Gasteiger charge is 2.27. The van der Waals surface area contributed by atoms with E-state index in [4.69, 9.17) is 44.3 Å². The van der Waals surface area contributed by atoms with Crippen LogP contribution >= 0.6 is 34.8 Å². The Labute approximate surface area is 222 Å². The topological polar surface area (TPSA) is 110 Å². The quantitative estimate of drug-likeness (QED) is 0.334. The number of sulfonamides is 1. The smallest absolute Gasteiger partial charge is 0.238 e. The van der Waals surface area contributed by atoms with Crippen molar-refractivity contribution in [3.05, 3.63) is 56.9 Å². The average molecular weight is 569 g/mol. The maximum atomic E-state index is 12.3. The second-order valence-corrected chi connectivity index (χ2v) is 11.4. The molecule has 0 unspecified atom stereocenters. The number of hydrogen-bond acceptors (Lipinski definition) is 7. The Morgan fingerprint density at radius 2 is 1.92 bits per heavy atom. The number of anilines is 1. The van der Waals surface area contributed by atoms with Crippen LogP contribution < -0.4 is 13.8 Å². The summed E-state index contributed by atoms with van der Waals surface area (Å²) in [6.07, 6.45) is 3.73. The number of aromatic nitrogens is 4. The SMILES string of the molecule is Cc1ncc(Cl)c([C@@H](C)Oc2cc3c(-c4cnc5c(c4)N(S(C)(=O)=O)CCO5)n[nH]c3cc2Cl)c1Cl. The third-order valence-electron chi connectivity index (χ3n) is 5.82. The molecule has 1 aliphatic rings. The standard InChI is InChI=1S/C23H20Cl3N5O4S/c1-11-21(26)20(16(25)10-27-11)12(2)35-19-7-14-17(8-15(19)24)29-30-22(14)13-6-18-23(28-9-13)34-5-4-31(18)36(3,32)33/h6-10,12H,4-5H2,1-3H3,(H,29,30)/t12-/m1/s1. The summed E-state index contributed by atoms with van der Waals surface area (Å²) >= 11 is 19.3. The second kappa shape index (κ2) is 9.26. The highest BCUT2D eigenvalue weighted by molar-refractivity contribution is 7.92. The van der Waals surface area contributed by atoms with Crippen molar-refractivity contribution in [1.29, 1.82) is 0 Å². The number of nitrogens with zero attached hydrogens (tertiary/aromatic N) is 4. The lowest BCUT2D eigenvalue weighted by atomic mass is 10.1. The Bertz CT molecular complexity index is 1610. The van der Waals surface area contributed by atoms with Gasteiger partial charge in [0.1, 0.15) is 29.8 Å². The van der Waals surface area contributed by atoms with Crippen LogP contribution in [0.1, 0.15) is 24.3 Å². The Hall–Kier alpha value is -2.79. The highest BCUT2D eigenvalue weighted by atomic mass is 35.5. The van der Waals surface area contributed by atoms with Crippen molar-refractivity contribution < 1.29 is 17.9 Å². The van der Waals surface area contributed by atoms with Gasteiger partial charge in [-0.2, -0.15) is 5.10 Å². The zero-order valence-electron chi connectivity index (χ0n) is 19.3. The van der Waals surface area contributed by atoms with E-state index >= 15 is 0 Å². The number of aromatic amines is 1. The number of aryl methyl sites for hydroxylation is 1. The minimum atomic E-state index is -3.51. The molecule has 9 nitrogen and oxygen atoms in total. The van der Waals surface area contributed by atoms with Crippen LogP contribution in [0, 0.1) is 6.92 Å². The van der Waals surface area contributed by atoms with E-state index in [1.165, 1.54) is 10.5 Å². The largest absolute Gasteiger partial charge is 0.484 e. The average Bonchev–Trinajstić information content (AvgIpc) is 3.23. The number of ether oxygens (including phenoxy) is 2. The van der Waals surface area contributed by atoms with Crippen LogP contribution in [0.15, 0.2) is 30.6 Å². The Kier molecular flexibility index (Phi) is 6.40. The number of fused-ring (bicyclic) bond motifs is 2. The van der Waals surface area contributed by atoms with Gasteiger partial charge in [-0.05, 0) is 32.0 Å². The van der Waals surface area contributed by atoms with E-state index in [1.54, 1.807) is 31.3 Å². The minimum Gasteiger partial charge on any atom is -0.484 e. The summed E-state index contributed by atoms with van der Waals surface area (Å²) in [5.41, 5.74) is 3.40. The van der Waals surface area contributed by atoms with Crippen LogP contribution in [0.3, 0.4) is 0 Å². The van der Waals surface area contributed by atoms with Gasteiger partial charge in [-0.25, -0.2) is 13.4 Å². The van der Waals surface area contributed by atoms with Crippen LogP contribution in [0.2, 0.25) is 15.1 Å². The summed E-state index contributed by atoms with van der Waals surface area (Å²) in [5, 5.41) is 9.26. The summed E-state index contributed by atoms with van der Waals surface area (Å²) < 4.78 is 37.6. The third kappa shape index (κ3) is 4.43. The van der Waals surface area contributed by atoms with E-state index in [1.807, 2.05) is 6.92 Å². The van der Waals surface area contributed by atoms with E-state index in [9.17, 15) is 8.42 Å². The van der Waals surface area contributed by atoms with Gasteiger partial charge in [0, 0.05) is 28.9 Å². The van der Waals surface area contributed by atoms with Gasteiger partial charge in [-0.3, -0.25) is 14.4 Å². The van der Waals surface area contributed by atoms with Gasteiger partial charge in [0.2, 0.25) is 15.9 Å². The number of benzene rings is 1. The van der Waals surface area contributed by atoms with Crippen molar-refractivity contribution in [2.75, 3.05) is 23.7 Å². The fraction of sp³-hybridized carbons (Fsp3) is 0.261. The van der Waals surface area contributed by atoms with E-state index in [0.29, 0.717) is 59.9 Å². The van der Waals surface area contributed by atoms with Crippen LogP contribution in [0.4, 0.5) is 5.69 Å².